The predicted molar refractivity (Wildman–Crippen MR) is 66.8 cm³/mol. The predicted octanol–water partition coefficient (Wildman–Crippen LogP) is 2.60. The fraction of sp³-hybridized carbons (Fsp3) is 0.364. The van der Waals surface area contributed by atoms with Crippen LogP contribution in [0.3, 0.4) is 0 Å². The molecule has 1 aromatic rings. The Hall–Kier alpha value is -0.190. The molecule has 0 fully saturated rings. The number of fused-ring (bicyclic) bond motifs is 1. The minimum atomic E-state index is -0.309. The molecule has 0 spiro atoms. The van der Waals surface area contributed by atoms with Crippen LogP contribution in [0.15, 0.2) is 21.1 Å². The highest BCUT2D eigenvalue weighted by Gasteiger charge is 2.23. The Morgan fingerprint density at radius 1 is 1.20 bits per heavy atom. The highest BCUT2D eigenvalue weighted by molar-refractivity contribution is 9.11. The molecule has 80 valence electrons. The van der Waals surface area contributed by atoms with Crippen molar-refractivity contribution < 1.29 is 4.79 Å². The van der Waals surface area contributed by atoms with E-state index in [1.165, 1.54) is 5.56 Å². The van der Waals surface area contributed by atoms with Gasteiger partial charge in [0.15, 0.2) is 5.78 Å². The molecule has 1 unspecified atom stereocenters. The summed E-state index contributed by atoms with van der Waals surface area (Å²) in [5.41, 5.74) is 8.08. The van der Waals surface area contributed by atoms with Crippen LogP contribution in [0.25, 0.3) is 0 Å². The maximum Gasteiger partial charge on any atom is 0.153 e. The lowest BCUT2D eigenvalue weighted by molar-refractivity contribution is -0.119. The van der Waals surface area contributed by atoms with Gasteiger partial charge in [-0.1, -0.05) is 31.9 Å². The number of nitrogens with two attached hydrogens (primary N) is 1. The van der Waals surface area contributed by atoms with Gasteiger partial charge in [0.05, 0.1) is 6.04 Å². The standard InChI is InChI=1S/C11H11Br2NO/c12-8-2-3-9(13)7-5-11(15)10(14)4-1-6(7)8/h2-3,10H,1,4-5,14H2. The van der Waals surface area contributed by atoms with Crippen LogP contribution in [0.5, 0.6) is 0 Å². The van der Waals surface area contributed by atoms with Crippen LogP contribution in [0.2, 0.25) is 0 Å². The topological polar surface area (TPSA) is 43.1 Å². The number of ketones is 1. The number of rotatable bonds is 0. The van der Waals surface area contributed by atoms with E-state index in [4.69, 9.17) is 5.73 Å². The molecule has 0 aliphatic heterocycles. The molecule has 0 saturated heterocycles. The fourth-order valence-corrected chi connectivity index (χ4v) is 2.94. The number of carbonyl (C=O) groups is 1. The van der Waals surface area contributed by atoms with Crippen LogP contribution in [-0.2, 0) is 17.6 Å². The second kappa shape index (κ2) is 4.36. The number of halogens is 2. The Bertz CT molecular complexity index is 417. The van der Waals surface area contributed by atoms with E-state index in [0.29, 0.717) is 6.42 Å². The SMILES string of the molecule is NC1CCc2c(Br)ccc(Br)c2CC1=O. The van der Waals surface area contributed by atoms with E-state index in [1.807, 2.05) is 12.1 Å². The number of carbonyl (C=O) groups excluding carboxylic acids is 1. The summed E-state index contributed by atoms with van der Waals surface area (Å²) in [7, 11) is 0. The first kappa shape index (κ1) is 11.3. The molecule has 2 N–H and O–H groups in total. The fourth-order valence-electron chi connectivity index (χ4n) is 1.86. The van der Waals surface area contributed by atoms with Crippen LogP contribution >= 0.6 is 31.9 Å². The highest BCUT2D eigenvalue weighted by atomic mass is 79.9. The van der Waals surface area contributed by atoms with Gasteiger partial charge in [-0.15, -0.1) is 0 Å². The van der Waals surface area contributed by atoms with Crippen LogP contribution in [-0.4, -0.2) is 11.8 Å². The Morgan fingerprint density at radius 2 is 1.80 bits per heavy atom. The lowest BCUT2D eigenvalue weighted by Crippen LogP contribution is -2.30. The Morgan fingerprint density at radius 3 is 2.47 bits per heavy atom. The van der Waals surface area contributed by atoms with Gasteiger partial charge in [0.2, 0.25) is 0 Å². The molecule has 0 heterocycles. The van der Waals surface area contributed by atoms with Crippen molar-refractivity contribution in [3.63, 3.8) is 0 Å². The third-order valence-corrected chi connectivity index (χ3v) is 4.27. The largest absolute Gasteiger partial charge is 0.321 e. The van der Waals surface area contributed by atoms with Gasteiger partial charge >= 0.3 is 0 Å². The maximum atomic E-state index is 11.7. The van der Waals surface area contributed by atoms with Crippen LogP contribution in [0.4, 0.5) is 0 Å². The zero-order valence-electron chi connectivity index (χ0n) is 8.09. The average Bonchev–Trinajstić information content (AvgIpc) is 2.35. The van der Waals surface area contributed by atoms with Gasteiger partial charge < -0.3 is 5.73 Å². The second-order valence-corrected chi connectivity index (χ2v) is 5.48. The monoisotopic (exact) mass is 331 g/mol. The van der Waals surface area contributed by atoms with E-state index in [0.717, 1.165) is 27.4 Å². The van der Waals surface area contributed by atoms with E-state index in [9.17, 15) is 4.79 Å². The van der Waals surface area contributed by atoms with Gasteiger partial charge in [-0.25, -0.2) is 0 Å². The first-order valence-electron chi connectivity index (χ1n) is 4.83. The van der Waals surface area contributed by atoms with Crippen molar-refractivity contribution in [2.24, 2.45) is 5.73 Å². The number of hydrogen-bond acceptors (Lipinski definition) is 2. The lowest BCUT2D eigenvalue weighted by Gasteiger charge is -2.09. The smallest absolute Gasteiger partial charge is 0.153 e. The third-order valence-electron chi connectivity index (χ3n) is 2.79. The summed E-state index contributed by atoms with van der Waals surface area (Å²) in [6, 6.07) is 3.66. The summed E-state index contributed by atoms with van der Waals surface area (Å²) in [4.78, 5) is 11.7. The summed E-state index contributed by atoms with van der Waals surface area (Å²) in [5, 5.41) is 0. The molecule has 0 aromatic heterocycles. The number of Topliss-reactive ketones (excluding diaryl/α,β-unsaturated/α-hetero) is 1. The van der Waals surface area contributed by atoms with Crippen molar-refractivity contribution in [3.05, 3.63) is 32.2 Å². The quantitative estimate of drug-likeness (QED) is 0.742. The Kier molecular flexibility index (Phi) is 3.28. The Labute approximate surface area is 105 Å². The lowest BCUT2D eigenvalue weighted by atomic mass is 10.0. The average molecular weight is 333 g/mol. The molecule has 0 radical (unpaired) electrons. The van der Waals surface area contributed by atoms with Crippen molar-refractivity contribution in [2.45, 2.75) is 25.3 Å². The molecule has 1 aromatic carbocycles. The van der Waals surface area contributed by atoms with Crippen molar-refractivity contribution in [1.82, 2.24) is 0 Å². The molecule has 15 heavy (non-hydrogen) atoms. The molecular weight excluding hydrogens is 322 g/mol. The van der Waals surface area contributed by atoms with Crippen LogP contribution in [0, 0.1) is 0 Å². The van der Waals surface area contributed by atoms with Gasteiger partial charge in [-0.05, 0) is 36.1 Å². The van der Waals surface area contributed by atoms with E-state index in [2.05, 4.69) is 31.9 Å². The van der Waals surface area contributed by atoms with Crippen molar-refractivity contribution >= 4 is 37.6 Å². The first-order chi connectivity index (χ1) is 7.09. The molecule has 1 atom stereocenters. The summed E-state index contributed by atoms with van der Waals surface area (Å²) < 4.78 is 2.07. The van der Waals surface area contributed by atoms with Crippen molar-refractivity contribution in [3.8, 4) is 0 Å². The Balaban J connectivity index is 2.51. The summed E-state index contributed by atoms with van der Waals surface area (Å²) in [5.74, 6) is 0.132. The number of hydrogen-bond donors (Lipinski definition) is 1. The molecule has 1 aliphatic rings. The van der Waals surface area contributed by atoms with E-state index < -0.39 is 0 Å². The minimum absolute atomic E-state index is 0.132. The third kappa shape index (κ3) is 2.17. The molecular formula is C11H11Br2NO. The zero-order chi connectivity index (χ0) is 11.0. The molecule has 0 saturated carbocycles. The molecule has 2 nitrogen and oxygen atoms in total. The normalized spacial score (nSPS) is 21.0. The summed E-state index contributed by atoms with van der Waals surface area (Å²) >= 11 is 7.00. The summed E-state index contributed by atoms with van der Waals surface area (Å²) in [6.07, 6.45) is 2.04. The highest BCUT2D eigenvalue weighted by Crippen LogP contribution is 2.31. The van der Waals surface area contributed by atoms with E-state index in [1.54, 1.807) is 0 Å². The number of benzene rings is 1. The van der Waals surface area contributed by atoms with Gasteiger partial charge in [0, 0.05) is 15.4 Å². The molecule has 0 amide bonds. The second-order valence-electron chi connectivity index (χ2n) is 3.77. The molecule has 2 rings (SSSR count). The van der Waals surface area contributed by atoms with Crippen LogP contribution < -0.4 is 5.73 Å². The molecule has 1 aliphatic carbocycles. The van der Waals surface area contributed by atoms with Gasteiger partial charge in [-0.2, -0.15) is 0 Å². The van der Waals surface area contributed by atoms with Gasteiger partial charge in [0.25, 0.3) is 0 Å². The van der Waals surface area contributed by atoms with Gasteiger partial charge in [0.1, 0.15) is 0 Å². The first-order valence-corrected chi connectivity index (χ1v) is 6.42. The van der Waals surface area contributed by atoms with Crippen LogP contribution in [0.1, 0.15) is 17.5 Å². The minimum Gasteiger partial charge on any atom is -0.321 e. The van der Waals surface area contributed by atoms with E-state index in [-0.39, 0.29) is 11.8 Å². The molecule has 0 bridgehead atoms. The summed E-state index contributed by atoms with van der Waals surface area (Å²) in [6.45, 7) is 0. The van der Waals surface area contributed by atoms with Crippen molar-refractivity contribution in [1.29, 1.82) is 0 Å². The van der Waals surface area contributed by atoms with Gasteiger partial charge in [-0.3, -0.25) is 4.79 Å². The zero-order valence-corrected chi connectivity index (χ0v) is 11.3. The van der Waals surface area contributed by atoms with E-state index >= 15 is 0 Å². The van der Waals surface area contributed by atoms with Crippen molar-refractivity contribution in [2.75, 3.05) is 0 Å². The maximum absolute atomic E-state index is 11.7. The molecule has 4 heteroatoms.